The Bertz CT molecular complexity index is 976. The van der Waals surface area contributed by atoms with E-state index in [1.807, 2.05) is 36.4 Å². The second-order valence-corrected chi connectivity index (χ2v) is 10.4. The Hall–Kier alpha value is -1.92. The first-order chi connectivity index (χ1) is 12.8. The van der Waals surface area contributed by atoms with Crippen LogP contribution in [-0.4, -0.2) is 11.7 Å². The summed E-state index contributed by atoms with van der Waals surface area (Å²) >= 11 is 5.09. The van der Waals surface area contributed by atoms with Crippen LogP contribution in [0.2, 0.25) is 0 Å². The van der Waals surface area contributed by atoms with Crippen molar-refractivity contribution in [3.63, 3.8) is 0 Å². The molecule has 4 nitrogen and oxygen atoms in total. The molecule has 0 bridgehead atoms. The molecule has 0 saturated carbocycles. The molecule has 6 heteroatoms. The Morgan fingerprint density at radius 2 is 1.96 bits per heavy atom. The molecular formula is C21H21BrN2O2S. The molecule has 1 aliphatic heterocycles. The molecule has 27 heavy (non-hydrogen) atoms. The van der Waals surface area contributed by atoms with Gasteiger partial charge >= 0.3 is 0 Å². The Morgan fingerprint density at radius 1 is 1.22 bits per heavy atom. The van der Waals surface area contributed by atoms with Crippen molar-refractivity contribution in [2.24, 2.45) is 5.41 Å². The number of Topliss-reactive ketones (excluding diaryl/α,β-unsaturated/α-hetero) is 1. The van der Waals surface area contributed by atoms with Crippen molar-refractivity contribution in [2.75, 3.05) is 10.2 Å². The van der Waals surface area contributed by atoms with E-state index in [9.17, 15) is 9.59 Å². The largest absolute Gasteiger partial charge is 0.357 e. The van der Waals surface area contributed by atoms with Crippen LogP contribution in [0.3, 0.4) is 0 Å². The zero-order chi connectivity index (χ0) is 19.3. The lowest BCUT2D eigenvalue weighted by Crippen LogP contribution is -2.38. The summed E-state index contributed by atoms with van der Waals surface area (Å²) in [6.45, 7) is 5.80. The van der Waals surface area contributed by atoms with Gasteiger partial charge in [0.05, 0.1) is 15.2 Å². The summed E-state index contributed by atoms with van der Waals surface area (Å²) in [5, 5.41) is 3.50. The molecule has 0 radical (unpaired) electrons. The van der Waals surface area contributed by atoms with Gasteiger partial charge < -0.3 is 5.32 Å². The Morgan fingerprint density at radius 3 is 2.63 bits per heavy atom. The third-order valence-electron chi connectivity index (χ3n) is 5.10. The molecule has 2 aliphatic rings. The number of nitrogens with zero attached hydrogens (tertiary/aromatic N) is 1. The number of amides is 1. The number of hydrogen-bond donors (Lipinski definition) is 1. The van der Waals surface area contributed by atoms with Crippen LogP contribution in [0.5, 0.6) is 0 Å². The first kappa shape index (κ1) is 18.4. The highest BCUT2D eigenvalue weighted by atomic mass is 79.9. The molecule has 0 fully saturated rings. The van der Waals surface area contributed by atoms with Gasteiger partial charge in [0.2, 0.25) is 5.91 Å². The predicted octanol–water partition coefficient (Wildman–Crippen LogP) is 5.67. The van der Waals surface area contributed by atoms with Crippen LogP contribution in [0.4, 0.5) is 11.4 Å². The summed E-state index contributed by atoms with van der Waals surface area (Å²) in [6, 6.07) is 11.3. The van der Waals surface area contributed by atoms with Crippen LogP contribution in [0, 0.1) is 5.41 Å². The fraction of sp³-hybridized carbons (Fsp3) is 0.333. The summed E-state index contributed by atoms with van der Waals surface area (Å²) in [5.74, 6) is 0.0347. The molecule has 2 aromatic rings. The second kappa shape index (κ2) is 6.60. The zero-order valence-corrected chi connectivity index (χ0v) is 17.9. The lowest BCUT2D eigenvalue weighted by atomic mass is 9.74. The summed E-state index contributed by atoms with van der Waals surface area (Å²) in [6.07, 6.45) is 1.26. The van der Waals surface area contributed by atoms with Gasteiger partial charge in [-0.1, -0.05) is 26.0 Å². The summed E-state index contributed by atoms with van der Waals surface area (Å²) < 4.78 is 0.984. The highest BCUT2D eigenvalue weighted by Gasteiger charge is 2.42. The number of nitrogens with one attached hydrogen (secondary N) is 1. The SMILES string of the molecule is CC(=O)N1c2ccccc2NC2=C(C(=O)CC(C)(C)C2)[C@H]1c1ccc(Br)s1. The van der Waals surface area contributed by atoms with E-state index in [0.717, 1.165) is 37.7 Å². The van der Waals surface area contributed by atoms with Gasteiger partial charge in [0.25, 0.3) is 0 Å². The Kier molecular flexibility index (Phi) is 4.51. The number of benzene rings is 1. The molecule has 1 aromatic heterocycles. The predicted molar refractivity (Wildman–Crippen MR) is 113 cm³/mol. The van der Waals surface area contributed by atoms with E-state index in [2.05, 4.69) is 35.1 Å². The number of fused-ring (bicyclic) bond motifs is 1. The van der Waals surface area contributed by atoms with Crippen molar-refractivity contribution in [3.8, 4) is 0 Å². The average molecular weight is 445 g/mol. The number of carbonyl (C=O) groups is 2. The molecule has 1 aromatic carbocycles. The number of halogens is 1. The quantitative estimate of drug-likeness (QED) is 0.615. The number of para-hydroxylation sites is 2. The minimum Gasteiger partial charge on any atom is -0.357 e. The van der Waals surface area contributed by atoms with Crippen LogP contribution in [0.25, 0.3) is 0 Å². The molecular weight excluding hydrogens is 424 g/mol. The van der Waals surface area contributed by atoms with Gasteiger partial charge in [-0.15, -0.1) is 11.3 Å². The fourth-order valence-electron chi connectivity index (χ4n) is 4.08. The molecule has 1 aliphatic carbocycles. The first-order valence-electron chi connectivity index (χ1n) is 8.94. The number of hydrogen-bond acceptors (Lipinski definition) is 4. The summed E-state index contributed by atoms with van der Waals surface area (Å²) in [4.78, 5) is 28.8. The highest BCUT2D eigenvalue weighted by Crippen LogP contribution is 2.49. The molecule has 2 heterocycles. The maximum Gasteiger partial charge on any atom is 0.224 e. The maximum atomic E-state index is 13.3. The highest BCUT2D eigenvalue weighted by molar-refractivity contribution is 9.11. The van der Waals surface area contributed by atoms with Crippen LogP contribution in [-0.2, 0) is 9.59 Å². The van der Waals surface area contributed by atoms with Gasteiger partial charge in [0.1, 0.15) is 6.04 Å². The molecule has 1 atom stereocenters. The van der Waals surface area contributed by atoms with Crippen LogP contribution in [0.1, 0.15) is 44.5 Å². The van der Waals surface area contributed by atoms with Crippen molar-refractivity contribution in [2.45, 2.75) is 39.7 Å². The topological polar surface area (TPSA) is 49.4 Å². The van der Waals surface area contributed by atoms with Crippen molar-refractivity contribution >= 4 is 50.3 Å². The van der Waals surface area contributed by atoms with E-state index in [1.165, 1.54) is 0 Å². The molecule has 0 spiro atoms. The van der Waals surface area contributed by atoms with Crippen molar-refractivity contribution in [1.82, 2.24) is 0 Å². The third-order valence-corrected chi connectivity index (χ3v) is 6.78. The number of allylic oxidation sites excluding steroid dienone is 1. The van der Waals surface area contributed by atoms with E-state index in [-0.39, 0.29) is 17.1 Å². The standard InChI is InChI=1S/C21H21BrN2O2S/c1-12(25)24-15-7-5-4-6-13(15)23-14-10-21(2,3)11-16(26)19(14)20(24)17-8-9-18(22)27-17/h4-9,20,23H,10-11H2,1-3H3/t20-/m1/s1. The normalized spacial score (nSPS) is 21.3. The summed E-state index contributed by atoms with van der Waals surface area (Å²) in [5.41, 5.74) is 3.21. The molecule has 140 valence electrons. The smallest absolute Gasteiger partial charge is 0.224 e. The molecule has 1 N–H and O–H groups in total. The third kappa shape index (κ3) is 3.25. The lowest BCUT2D eigenvalue weighted by molar-refractivity contribution is -0.118. The van der Waals surface area contributed by atoms with Crippen LogP contribution in [0.15, 0.2) is 51.5 Å². The minimum atomic E-state index is -0.409. The van der Waals surface area contributed by atoms with Crippen molar-refractivity contribution in [1.29, 1.82) is 0 Å². The summed E-state index contributed by atoms with van der Waals surface area (Å²) in [7, 11) is 0. The average Bonchev–Trinajstić information content (AvgIpc) is 2.93. The van der Waals surface area contributed by atoms with E-state index >= 15 is 0 Å². The number of ketones is 1. The Labute approximate surface area is 171 Å². The fourth-order valence-corrected chi connectivity index (χ4v) is 5.60. The number of carbonyl (C=O) groups excluding carboxylic acids is 2. The van der Waals surface area contributed by atoms with E-state index in [1.54, 1.807) is 23.2 Å². The zero-order valence-electron chi connectivity index (χ0n) is 15.5. The van der Waals surface area contributed by atoms with E-state index in [4.69, 9.17) is 0 Å². The lowest BCUT2D eigenvalue weighted by Gasteiger charge is -2.36. The molecule has 0 saturated heterocycles. The molecule has 1 amide bonds. The molecule has 4 rings (SSSR count). The second-order valence-electron chi connectivity index (χ2n) is 7.91. The van der Waals surface area contributed by atoms with Gasteiger partial charge in [0.15, 0.2) is 5.78 Å². The van der Waals surface area contributed by atoms with Gasteiger partial charge in [0, 0.05) is 29.5 Å². The van der Waals surface area contributed by atoms with Crippen molar-refractivity contribution in [3.05, 3.63) is 56.3 Å². The number of rotatable bonds is 1. The van der Waals surface area contributed by atoms with Crippen molar-refractivity contribution < 1.29 is 9.59 Å². The Balaban J connectivity index is 2.00. The van der Waals surface area contributed by atoms with E-state index < -0.39 is 6.04 Å². The maximum absolute atomic E-state index is 13.3. The number of anilines is 2. The van der Waals surface area contributed by atoms with Gasteiger partial charge in [-0.2, -0.15) is 0 Å². The monoisotopic (exact) mass is 444 g/mol. The first-order valence-corrected chi connectivity index (χ1v) is 10.5. The van der Waals surface area contributed by atoms with Gasteiger partial charge in [-0.05, 0) is 52.0 Å². The van der Waals surface area contributed by atoms with Gasteiger partial charge in [-0.25, -0.2) is 0 Å². The number of thiophene rings is 1. The minimum absolute atomic E-state index is 0.0786. The van der Waals surface area contributed by atoms with Crippen LogP contribution >= 0.6 is 27.3 Å². The van der Waals surface area contributed by atoms with Crippen LogP contribution < -0.4 is 10.2 Å². The van der Waals surface area contributed by atoms with Gasteiger partial charge in [-0.3, -0.25) is 14.5 Å². The molecule has 0 unspecified atom stereocenters. The van der Waals surface area contributed by atoms with E-state index in [0.29, 0.717) is 6.42 Å².